The van der Waals surface area contributed by atoms with Crippen LogP contribution >= 0.6 is 0 Å². The van der Waals surface area contributed by atoms with Crippen LogP contribution in [0.3, 0.4) is 0 Å². The van der Waals surface area contributed by atoms with Crippen molar-refractivity contribution in [3.8, 4) is 29.1 Å². The Morgan fingerprint density at radius 3 is 2.64 bits per heavy atom. The molecular weight excluding hydrogens is 500 g/mol. The fourth-order valence-corrected chi connectivity index (χ4v) is 4.21. The molecule has 0 unspecified atom stereocenters. The quantitative estimate of drug-likeness (QED) is 0.499. The lowest BCUT2D eigenvalue weighted by Crippen LogP contribution is -2.62. The van der Waals surface area contributed by atoms with Gasteiger partial charge in [-0.2, -0.15) is 0 Å². The lowest BCUT2D eigenvalue weighted by atomic mass is 9.94. The second-order valence-corrected chi connectivity index (χ2v) is 9.37. The van der Waals surface area contributed by atoms with E-state index in [1.54, 1.807) is 43.4 Å². The number of ether oxygens (including phenoxy) is 2. The first-order chi connectivity index (χ1) is 18.7. The Hall–Kier alpha value is -4.88. The third-order valence-corrected chi connectivity index (χ3v) is 6.39. The van der Waals surface area contributed by atoms with Crippen molar-refractivity contribution in [2.24, 2.45) is 0 Å². The Labute approximate surface area is 225 Å². The maximum absolute atomic E-state index is 13.2. The van der Waals surface area contributed by atoms with E-state index < -0.39 is 17.6 Å². The average molecular weight is 527 g/mol. The van der Waals surface area contributed by atoms with E-state index in [0.717, 1.165) is 0 Å². The van der Waals surface area contributed by atoms with E-state index in [1.807, 2.05) is 18.2 Å². The number of aliphatic hydroxyl groups is 1. The van der Waals surface area contributed by atoms with Crippen molar-refractivity contribution < 1.29 is 29.0 Å². The van der Waals surface area contributed by atoms with Crippen molar-refractivity contribution in [1.29, 1.82) is 0 Å². The van der Waals surface area contributed by atoms with Crippen molar-refractivity contribution in [3.05, 3.63) is 78.1 Å². The smallest absolute Gasteiger partial charge is 0.270 e. The average Bonchev–Trinajstić information content (AvgIpc) is 3.03. The molecule has 1 fully saturated rings. The molecule has 5 rings (SSSR count). The van der Waals surface area contributed by atoms with Crippen LogP contribution in [-0.4, -0.2) is 71.1 Å². The molecule has 10 heteroatoms. The molecule has 0 spiro atoms. The van der Waals surface area contributed by atoms with Crippen LogP contribution in [0.4, 0.5) is 5.69 Å². The highest BCUT2D eigenvalue weighted by atomic mass is 16.5. The van der Waals surface area contributed by atoms with Crippen molar-refractivity contribution in [1.82, 2.24) is 15.2 Å². The Bertz CT molecular complexity index is 1490. The van der Waals surface area contributed by atoms with Crippen LogP contribution < -0.4 is 19.7 Å². The fraction of sp³-hybridized carbons (Fsp3) is 0.241. The maximum Gasteiger partial charge on any atom is 0.270 e. The zero-order valence-corrected chi connectivity index (χ0v) is 21.4. The molecular formula is C29H26N4O6. The van der Waals surface area contributed by atoms with Crippen LogP contribution in [0.25, 0.3) is 0 Å². The van der Waals surface area contributed by atoms with E-state index in [-0.39, 0.29) is 37.2 Å². The summed E-state index contributed by atoms with van der Waals surface area (Å²) in [5.41, 5.74) is -0.126. The number of fused-ring (bicyclic) bond motifs is 1. The first kappa shape index (κ1) is 25.8. The fourth-order valence-electron chi connectivity index (χ4n) is 4.21. The van der Waals surface area contributed by atoms with Gasteiger partial charge in [0.2, 0.25) is 5.91 Å². The summed E-state index contributed by atoms with van der Waals surface area (Å²) in [5.74, 6) is 6.19. The molecule has 2 aromatic carbocycles. The van der Waals surface area contributed by atoms with Gasteiger partial charge in [-0.3, -0.25) is 19.4 Å². The molecule has 0 radical (unpaired) electrons. The number of aromatic nitrogens is 1. The summed E-state index contributed by atoms with van der Waals surface area (Å²) in [6, 6.07) is 16.4. The molecule has 2 aliphatic rings. The molecule has 1 aromatic heterocycles. The van der Waals surface area contributed by atoms with Gasteiger partial charge in [0.15, 0.2) is 5.60 Å². The van der Waals surface area contributed by atoms with Crippen molar-refractivity contribution in [2.75, 3.05) is 31.6 Å². The number of anilines is 1. The van der Waals surface area contributed by atoms with E-state index in [9.17, 15) is 19.5 Å². The number of nitrogens with one attached hydrogen (secondary N) is 1. The molecule has 3 amide bonds. The van der Waals surface area contributed by atoms with Gasteiger partial charge in [-0.25, -0.2) is 0 Å². The number of carbonyl (C=O) groups is 3. The molecule has 2 aliphatic heterocycles. The SMILES string of the molecule is CC(=O)N1CC(O)(C#Cc2ccc3c(c2)N(C)C(=O)[C@@H](NC(=O)c2cc(Oc4ccccc4)ccn2)CO3)C1. The van der Waals surface area contributed by atoms with E-state index in [0.29, 0.717) is 28.5 Å². The van der Waals surface area contributed by atoms with Crippen LogP contribution in [0.15, 0.2) is 66.9 Å². The molecule has 1 saturated heterocycles. The van der Waals surface area contributed by atoms with Gasteiger partial charge in [0.05, 0.1) is 18.8 Å². The largest absolute Gasteiger partial charge is 0.489 e. The van der Waals surface area contributed by atoms with Gasteiger partial charge < -0.3 is 29.7 Å². The van der Waals surface area contributed by atoms with Crippen LogP contribution in [0.5, 0.6) is 17.2 Å². The van der Waals surface area contributed by atoms with Crippen molar-refractivity contribution in [2.45, 2.75) is 18.6 Å². The van der Waals surface area contributed by atoms with Gasteiger partial charge in [0.1, 0.15) is 35.6 Å². The number of benzene rings is 2. The Morgan fingerprint density at radius 1 is 1.13 bits per heavy atom. The predicted octanol–water partition coefficient (Wildman–Crippen LogP) is 1.97. The summed E-state index contributed by atoms with van der Waals surface area (Å²) in [6.45, 7) is 1.67. The minimum Gasteiger partial charge on any atom is -0.489 e. The highest BCUT2D eigenvalue weighted by Gasteiger charge is 2.41. The number of β-amino-alcohol motifs (C(OH)–C–C–N with tert-alkyl or cyclic N) is 1. The standard InChI is InChI=1S/C29H26N4O6/c1-19(34)33-17-29(37,18-33)12-10-20-8-9-26-25(14-20)32(2)28(36)24(16-38-26)31-27(35)23-15-22(11-13-30-23)39-21-6-4-3-5-7-21/h3-9,11,13-15,24,37H,16-18H2,1-2H3,(H,31,35)/t24-/m0/s1. The lowest BCUT2D eigenvalue weighted by Gasteiger charge is -2.42. The number of hydrogen-bond donors (Lipinski definition) is 2. The molecule has 10 nitrogen and oxygen atoms in total. The number of likely N-dealkylation sites (N-methyl/N-ethyl adjacent to an activating group) is 1. The van der Waals surface area contributed by atoms with E-state index >= 15 is 0 Å². The van der Waals surface area contributed by atoms with E-state index in [1.165, 1.54) is 29.0 Å². The van der Waals surface area contributed by atoms with Gasteiger partial charge in [-0.05, 0) is 36.4 Å². The summed E-state index contributed by atoms with van der Waals surface area (Å²) in [4.78, 5) is 44.6. The second-order valence-electron chi connectivity index (χ2n) is 9.37. The number of likely N-dealkylation sites (tertiary alicyclic amines) is 1. The van der Waals surface area contributed by atoms with Gasteiger partial charge >= 0.3 is 0 Å². The Kier molecular flexibility index (Phi) is 6.92. The molecule has 39 heavy (non-hydrogen) atoms. The highest BCUT2D eigenvalue weighted by Crippen LogP contribution is 2.32. The summed E-state index contributed by atoms with van der Waals surface area (Å²) < 4.78 is 11.6. The second kappa shape index (κ2) is 10.5. The Balaban J connectivity index is 1.27. The molecule has 3 heterocycles. The number of rotatable bonds is 4. The van der Waals surface area contributed by atoms with Crippen LogP contribution in [0.1, 0.15) is 23.0 Å². The minimum atomic E-state index is -1.26. The van der Waals surface area contributed by atoms with E-state index in [4.69, 9.17) is 9.47 Å². The van der Waals surface area contributed by atoms with Crippen LogP contribution in [-0.2, 0) is 9.59 Å². The highest BCUT2D eigenvalue weighted by molar-refractivity contribution is 6.03. The first-order valence-electron chi connectivity index (χ1n) is 12.3. The maximum atomic E-state index is 13.2. The van der Waals surface area contributed by atoms with Gasteiger partial charge in [-0.15, -0.1) is 0 Å². The van der Waals surface area contributed by atoms with Crippen molar-refractivity contribution in [3.63, 3.8) is 0 Å². The van der Waals surface area contributed by atoms with Gasteiger partial charge in [0.25, 0.3) is 11.8 Å². The summed E-state index contributed by atoms with van der Waals surface area (Å²) in [6.07, 6.45) is 1.46. The minimum absolute atomic E-state index is 0.0756. The normalized spacial score (nSPS) is 17.4. The van der Waals surface area contributed by atoms with E-state index in [2.05, 4.69) is 22.1 Å². The lowest BCUT2D eigenvalue weighted by molar-refractivity contribution is -0.144. The first-order valence-corrected chi connectivity index (χ1v) is 12.3. The topological polar surface area (TPSA) is 121 Å². The Morgan fingerprint density at radius 2 is 1.90 bits per heavy atom. The zero-order valence-electron chi connectivity index (χ0n) is 21.4. The van der Waals surface area contributed by atoms with Crippen LogP contribution in [0, 0.1) is 11.8 Å². The van der Waals surface area contributed by atoms with Gasteiger partial charge in [-0.1, -0.05) is 30.0 Å². The number of nitrogens with zero attached hydrogens (tertiary/aromatic N) is 3. The molecule has 198 valence electrons. The zero-order chi connectivity index (χ0) is 27.6. The summed E-state index contributed by atoms with van der Waals surface area (Å²) in [5, 5.41) is 13.2. The predicted molar refractivity (Wildman–Crippen MR) is 141 cm³/mol. The number of pyridine rings is 1. The summed E-state index contributed by atoms with van der Waals surface area (Å²) >= 11 is 0. The molecule has 1 atom stereocenters. The van der Waals surface area contributed by atoms with Crippen LogP contribution in [0.2, 0.25) is 0 Å². The molecule has 0 saturated carbocycles. The third-order valence-electron chi connectivity index (χ3n) is 6.39. The molecule has 0 bridgehead atoms. The number of carbonyl (C=O) groups excluding carboxylic acids is 3. The third kappa shape index (κ3) is 5.68. The number of hydrogen-bond acceptors (Lipinski definition) is 7. The number of amides is 3. The summed E-state index contributed by atoms with van der Waals surface area (Å²) in [7, 11) is 1.59. The molecule has 0 aliphatic carbocycles. The monoisotopic (exact) mass is 526 g/mol. The molecule has 2 N–H and O–H groups in total. The van der Waals surface area contributed by atoms with Crippen molar-refractivity contribution >= 4 is 23.4 Å². The number of para-hydroxylation sites is 1. The van der Waals surface area contributed by atoms with Gasteiger partial charge in [0, 0.05) is 31.8 Å². The molecule has 3 aromatic rings.